The van der Waals surface area contributed by atoms with Crippen molar-refractivity contribution in [3.8, 4) is 5.75 Å². The molecule has 1 nitrogen and oxygen atoms in total. The Bertz CT molecular complexity index is 386. The SMILES string of the molecule is ClC1CCCC(c2cccc(OC3CC3)c2)C1. The van der Waals surface area contributed by atoms with Gasteiger partial charge in [0.15, 0.2) is 0 Å². The van der Waals surface area contributed by atoms with Gasteiger partial charge in [-0.25, -0.2) is 0 Å². The summed E-state index contributed by atoms with van der Waals surface area (Å²) in [5.74, 6) is 1.68. The summed E-state index contributed by atoms with van der Waals surface area (Å²) in [6.07, 6.45) is 7.75. The van der Waals surface area contributed by atoms with Crippen molar-refractivity contribution in [2.45, 2.75) is 55.9 Å². The molecule has 3 rings (SSSR count). The minimum Gasteiger partial charge on any atom is -0.490 e. The third-order valence-corrected chi connectivity index (χ3v) is 4.16. The fourth-order valence-electron chi connectivity index (χ4n) is 2.65. The smallest absolute Gasteiger partial charge is 0.119 e. The van der Waals surface area contributed by atoms with Crippen LogP contribution in [0.1, 0.15) is 50.0 Å². The maximum absolute atomic E-state index is 6.26. The maximum atomic E-state index is 6.26. The summed E-state index contributed by atoms with van der Waals surface area (Å²) in [7, 11) is 0. The molecular weight excluding hydrogens is 232 g/mol. The van der Waals surface area contributed by atoms with Gasteiger partial charge in [-0.2, -0.15) is 0 Å². The molecule has 2 fully saturated rings. The molecule has 0 heterocycles. The van der Waals surface area contributed by atoms with Crippen molar-refractivity contribution in [2.75, 3.05) is 0 Å². The third-order valence-electron chi connectivity index (χ3n) is 3.77. The van der Waals surface area contributed by atoms with E-state index in [1.807, 2.05) is 0 Å². The van der Waals surface area contributed by atoms with Gasteiger partial charge >= 0.3 is 0 Å². The minimum atomic E-state index is 0.363. The number of ether oxygens (including phenoxy) is 1. The van der Waals surface area contributed by atoms with Crippen molar-refractivity contribution < 1.29 is 4.74 Å². The lowest BCUT2D eigenvalue weighted by molar-refractivity contribution is 0.302. The lowest BCUT2D eigenvalue weighted by atomic mass is 9.84. The van der Waals surface area contributed by atoms with Crippen molar-refractivity contribution in [2.24, 2.45) is 0 Å². The Morgan fingerprint density at radius 3 is 2.76 bits per heavy atom. The molecule has 2 aliphatic carbocycles. The van der Waals surface area contributed by atoms with Crippen LogP contribution in [0, 0.1) is 0 Å². The van der Waals surface area contributed by atoms with Gasteiger partial charge in [0.2, 0.25) is 0 Å². The van der Waals surface area contributed by atoms with Crippen LogP contribution in [-0.2, 0) is 0 Å². The topological polar surface area (TPSA) is 9.23 Å². The number of hydrogen-bond donors (Lipinski definition) is 0. The first-order valence-corrected chi connectivity index (χ1v) is 7.15. The third kappa shape index (κ3) is 2.95. The molecule has 0 spiro atoms. The Morgan fingerprint density at radius 1 is 1.12 bits per heavy atom. The van der Waals surface area contributed by atoms with Crippen molar-refractivity contribution in [3.63, 3.8) is 0 Å². The van der Waals surface area contributed by atoms with E-state index >= 15 is 0 Å². The molecule has 2 saturated carbocycles. The van der Waals surface area contributed by atoms with E-state index in [4.69, 9.17) is 16.3 Å². The van der Waals surface area contributed by atoms with Gasteiger partial charge in [-0.3, -0.25) is 0 Å². The van der Waals surface area contributed by atoms with Gasteiger partial charge in [0.05, 0.1) is 6.10 Å². The highest BCUT2D eigenvalue weighted by Crippen LogP contribution is 2.37. The molecule has 1 aromatic carbocycles. The molecule has 2 aliphatic rings. The number of hydrogen-bond acceptors (Lipinski definition) is 1. The first-order chi connectivity index (χ1) is 8.31. The molecule has 92 valence electrons. The molecule has 0 aliphatic heterocycles. The fourth-order valence-corrected chi connectivity index (χ4v) is 3.02. The number of halogens is 1. The van der Waals surface area contributed by atoms with E-state index in [2.05, 4.69) is 24.3 Å². The summed E-state index contributed by atoms with van der Waals surface area (Å²) in [4.78, 5) is 0. The highest BCUT2D eigenvalue weighted by Gasteiger charge is 2.25. The van der Waals surface area contributed by atoms with Crippen LogP contribution in [0.5, 0.6) is 5.75 Å². The average Bonchev–Trinajstić information content (AvgIpc) is 3.13. The maximum Gasteiger partial charge on any atom is 0.119 e. The molecule has 0 aromatic heterocycles. The standard InChI is InChI=1S/C15H19ClO/c16-13-5-1-3-11(9-13)12-4-2-6-15(10-12)17-14-7-8-14/h2,4,6,10-11,13-14H,1,3,5,7-9H2. The van der Waals surface area contributed by atoms with Gasteiger partial charge in [0.1, 0.15) is 5.75 Å². The molecule has 0 amide bonds. The molecule has 2 atom stereocenters. The fraction of sp³-hybridized carbons (Fsp3) is 0.600. The number of rotatable bonds is 3. The van der Waals surface area contributed by atoms with Crippen LogP contribution < -0.4 is 4.74 Å². The molecule has 1 aromatic rings. The molecule has 0 saturated heterocycles. The van der Waals surface area contributed by atoms with Crippen molar-refractivity contribution in [1.82, 2.24) is 0 Å². The average molecular weight is 251 g/mol. The van der Waals surface area contributed by atoms with Gasteiger partial charge < -0.3 is 4.74 Å². The van der Waals surface area contributed by atoms with E-state index in [1.54, 1.807) is 0 Å². The lowest BCUT2D eigenvalue weighted by Gasteiger charge is -2.26. The largest absolute Gasteiger partial charge is 0.490 e. The first-order valence-electron chi connectivity index (χ1n) is 6.72. The van der Waals surface area contributed by atoms with Crippen molar-refractivity contribution >= 4 is 11.6 Å². The van der Waals surface area contributed by atoms with Crippen LogP contribution in [0.25, 0.3) is 0 Å². The Balaban J connectivity index is 1.72. The first kappa shape index (κ1) is 11.4. The predicted molar refractivity (Wildman–Crippen MR) is 70.9 cm³/mol. The second-order valence-electron chi connectivity index (χ2n) is 5.35. The minimum absolute atomic E-state index is 0.363. The van der Waals surface area contributed by atoms with Crippen LogP contribution in [0.2, 0.25) is 0 Å². The van der Waals surface area contributed by atoms with Crippen LogP contribution >= 0.6 is 11.6 Å². The van der Waals surface area contributed by atoms with E-state index in [9.17, 15) is 0 Å². The zero-order valence-electron chi connectivity index (χ0n) is 10.1. The van der Waals surface area contributed by atoms with E-state index in [-0.39, 0.29) is 0 Å². The molecule has 0 bridgehead atoms. The van der Waals surface area contributed by atoms with E-state index in [0.717, 1.165) is 12.2 Å². The van der Waals surface area contributed by atoms with E-state index in [0.29, 0.717) is 17.4 Å². The Labute approximate surface area is 108 Å². The Kier molecular flexibility index (Phi) is 3.28. The van der Waals surface area contributed by atoms with E-state index < -0.39 is 0 Å². The monoisotopic (exact) mass is 250 g/mol. The van der Waals surface area contributed by atoms with Gasteiger partial charge in [0, 0.05) is 5.38 Å². The van der Waals surface area contributed by atoms with Crippen LogP contribution in [-0.4, -0.2) is 11.5 Å². The zero-order chi connectivity index (χ0) is 11.7. The Morgan fingerprint density at radius 2 is 2.00 bits per heavy atom. The zero-order valence-corrected chi connectivity index (χ0v) is 10.8. The van der Waals surface area contributed by atoms with Crippen LogP contribution in [0.15, 0.2) is 24.3 Å². The molecular formula is C15H19ClO. The molecule has 2 unspecified atom stereocenters. The van der Waals surface area contributed by atoms with Crippen LogP contribution in [0.3, 0.4) is 0 Å². The van der Waals surface area contributed by atoms with E-state index in [1.165, 1.54) is 37.7 Å². The Hall–Kier alpha value is -0.690. The molecule has 0 N–H and O–H groups in total. The van der Waals surface area contributed by atoms with Crippen molar-refractivity contribution in [1.29, 1.82) is 0 Å². The lowest BCUT2D eigenvalue weighted by Crippen LogP contribution is -2.14. The van der Waals surface area contributed by atoms with Crippen molar-refractivity contribution in [3.05, 3.63) is 29.8 Å². The summed E-state index contributed by atoms with van der Waals surface area (Å²) < 4.78 is 5.85. The molecule has 0 radical (unpaired) electrons. The summed E-state index contributed by atoms with van der Waals surface area (Å²) >= 11 is 6.26. The molecule has 17 heavy (non-hydrogen) atoms. The van der Waals surface area contributed by atoms with Crippen LogP contribution in [0.4, 0.5) is 0 Å². The molecule has 2 heteroatoms. The van der Waals surface area contributed by atoms with Gasteiger partial charge in [-0.1, -0.05) is 18.6 Å². The second kappa shape index (κ2) is 4.89. The predicted octanol–water partition coefficient (Wildman–Crippen LogP) is 4.49. The summed E-state index contributed by atoms with van der Waals surface area (Å²) in [5, 5.41) is 0.363. The normalized spacial score (nSPS) is 29.0. The number of benzene rings is 1. The second-order valence-corrected chi connectivity index (χ2v) is 5.97. The summed E-state index contributed by atoms with van der Waals surface area (Å²) in [6.45, 7) is 0. The van der Waals surface area contributed by atoms with Gasteiger partial charge in [-0.05, 0) is 55.7 Å². The van der Waals surface area contributed by atoms with Gasteiger partial charge in [-0.15, -0.1) is 11.6 Å². The quantitative estimate of drug-likeness (QED) is 0.718. The highest BCUT2D eigenvalue weighted by molar-refractivity contribution is 6.20. The summed E-state index contributed by atoms with van der Waals surface area (Å²) in [5.41, 5.74) is 1.41. The summed E-state index contributed by atoms with van der Waals surface area (Å²) in [6, 6.07) is 8.63. The van der Waals surface area contributed by atoms with Gasteiger partial charge in [0.25, 0.3) is 0 Å². The highest BCUT2D eigenvalue weighted by atomic mass is 35.5. The number of alkyl halides is 1.